The summed E-state index contributed by atoms with van der Waals surface area (Å²) in [6.07, 6.45) is 3.20. The first-order valence-corrected chi connectivity index (χ1v) is 3.85. The molecule has 0 radical (unpaired) electrons. The maximum Gasteiger partial charge on any atom is 0.254 e. The molecule has 4 heteroatoms. The minimum absolute atomic E-state index is 0.133. The molecule has 0 amide bonds. The number of hydrogen-bond donors (Lipinski definition) is 1. The van der Waals surface area contributed by atoms with E-state index in [1.54, 1.807) is 0 Å². The van der Waals surface area contributed by atoms with Crippen LogP contribution in [-0.2, 0) is 6.42 Å². The number of nitrogens with one attached hydrogen (secondary N) is 1. The number of nitrogens with zero attached hydrogens (tertiary/aromatic N) is 1. The van der Waals surface area contributed by atoms with Gasteiger partial charge in [-0.1, -0.05) is 13.3 Å². The lowest BCUT2D eigenvalue weighted by Crippen LogP contribution is -2.12. The first kappa shape index (κ1) is 8.27. The van der Waals surface area contributed by atoms with E-state index in [4.69, 9.17) is 11.6 Å². The molecule has 1 heterocycles. The van der Waals surface area contributed by atoms with Crippen molar-refractivity contribution in [3.63, 3.8) is 0 Å². The van der Waals surface area contributed by atoms with Gasteiger partial charge >= 0.3 is 0 Å². The van der Waals surface area contributed by atoms with Crippen LogP contribution in [0.4, 0.5) is 0 Å². The standard InChI is InChI=1S/C7H9ClN2O/c1-2-3-5-4-9-7(8)10-6(5)11/h4H,2-3H2,1H3,(H,9,10,11). The second-order valence-electron chi connectivity index (χ2n) is 2.28. The Morgan fingerprint density at radius 2 is 2.45 bits per heavy atom. The predicted octanol–water partition coefficient (Wildman–Crippen LogP) is 1.38. The number of aromatic amines is 1. The van der Waals surface area contributed by atoms with Crippen molar-refractivity contribution in [2.24, 2.45) is 0 Å². The Labute approximate surface area is 69.4 Å². The lowest BCUT2D eigenvalue weighted by molar-refractivity contribution is 0.885. The highest BCUT2D eigenvalue weighted by Crippen LogP contribution is 1.97. The van der Waals surface area contributed by atoms with Gasteiger partial charge in [0.05, 0.1) is 0 Å². The van der Waals surface area contributed by atoms with Crippen LogP contribution in [0.25, 0.3) is 0 Å². The number of hydrogen-bond acceptors (Lipinski definition) is 2. The second-order valence-corrected chi connectivity index (χ2v) is 2.64. The maximum absolute atomic E-state index is 11.0. The molecule has 0 saturated heterocycles. The van der Waals surface area contributed by atoms with Crippen LogP contribution in [0.2, 0.25) is 5.28 Å². The molecule has 0 aliphatic heterocycles. The minimum Gasteiger partial charge on any atom is -0.297 e. The Morgan fingerprint density at radius 1 is 1.73 bits per heavy atom. The average molecular weight is 173 g/mol. The molecule has 0 atom stereocenters. The zero-order valence-corrected chi connectivity index (χ0v) is 6.98. The summed E-state index contributed by atoms with van der Waals surface area (Å²) in [6, 6.07) is 0. The fraction of sp³-hybridized carbons (Fsp3) is 0.429. The van der Waals surface area contributed by atoms with Crippen molar-refractivity contribution in [3.8, 4) is 0 Å². The van der Waals surface area contributed by atoms with E-state index in [0.29, 0.717) is 5.56 Å². The van der Waals surface area contributed by atoms with E-state index >= 15 is 0 Å². The summed E-state index contributed by atoms with van der Waals surface area (Å²) in [5.74, 6) is 0. The van der Waals surface area contributed by atoms with Crippen LogP contribution in [0.3, 0.4) is 0 Å². The zero-order chi connectivity index (χ0) is 8.27. The molecule has 11 heavy (non-hydrogen) atoms. The van der Waals surface area contributed by atoms with Crippen molar-refractivity contribution in [2.45, 2.75) is 19.8 Å². The van der Waals surface area contributed by atoms with Crippen molar-refractivity contribution in [1.82, 2.24) is 9.97 Å². The molecule has 0 aromatic carbocycles. The molecule has 1 aromatic rings. The van der Waals surface area contributed by atoms with Gasteiger partial charge in [0.25, 0.3) is 5.56 Å². The maximum atomic E-state index is 11.0. The smallest absolute Gasteiger partial charge is 0.254 e. The van der Waals surface area contributed by atoms with E-state index < -0.39 is 0 Å². The van der Waals surface area contributed by atoms with Gasteiger partial charge in [-0.05, 0) is 18.0 Å². The molecule has 0 spiro atoms. The van der Waals surface area contributed by atoms with E-state index in [1.165, 1.54) is 6.20 Å². The summed E-state index contributed by atoms with van der Waals surface area (Å²) in [7, 11) is 0. The molecular formula is C7H9ClN2O. The Morgan fingerprint density at radius 3 is 3.00 bits per heavy atom. The SMILES string of the molecule is CCCc1cnc(Cl)[nH]c1=O. The van der Waals surface area contributed by atoms with E-state index in [2.05, 4.69) is 9.97 Å². The van der Waals surface area contributed by atoms with Gasteiger partial charge in [0, 0.05) is 11.8 Å². The van der Waals surface area contributed by atoms with Gasteiger partial charge < -0.3 is 0 Å². The van der Waals surface area contributed by atoms with Crippen LogP contribution in [0.1, 0.15) is 18.9 Å². The van der Waals surface area contributed by atoms with Crippen molar-refractivity contribution < 1.29 is 0 Å². The lowest BCUT2D eigenvalue weighted by atomic mass is 10.2. The van der Waals surface area contributed by atoms with Crippen LogP contribution in [-0.4, -0.2) is 9.97 Å². The molecule has 1 N–H and O–H groups in total. The highest BCUT2D eigenvalue weighted by molar-refractivity contribution is 6.28. The third-order valence-electron chi connectivity index (χ3n) is 1.36. The molecule has 0 aliphatic rings. The molecule has 0 saturated carbocycles. The summed E-state index contributed by atoms with van der Waals surface area (Å²) >= 11 is 5.45. The lowest BCUT2D eigenvalue weighted by Gasteiger charge is -1.94. The fourth-order valence-corrected chi connectivity index (χ4v) is 0.981. The number of halogens is 1. The summed E-state index contributed by atoms with van der Waals surface area (Å²) in [6.45, 7) is 2.01. The summed E-state index contributed by atoms with van der Waals surface area (Å²) in [5, 5.41) is 0.148. The van der Waals surface area contributed by atoms with E-state index in [0.717, 1.165) is 12.8 Å². The Kier molecular flexibility index (Phi) is 2.65. The van der Waals surface area contributed by atoms with Gasteiger partial charge in [0.1, 0.15) is 0 Å². The zero-order valence-electron chi connectivity index (χ0n) is 6.22. The van der Waals surface area contributed by atoms with Crippen LogP contribution in [0.15, 0.2) is 11.0 Å². The molecule has 0 unspecified atom stereocenters. The first-order chi connectivity index (χ1) is 5.24. The molecular weight excluding hydrogens is 164 g/mol. The second kappa shape index (κ2) is 3.53. The van der Waals surface area contributed by atoms with Crippen LogP contribution in [0, 0.1) is 0 Å². The van der Waals surface area contributed by atoms with Gasteiger partial charge in [0.15, 0.2) is 0 Å². The molecule has 1 rings (SSSR count). The minimum atomic E-state index is -0.133. The third-order valence-corrected chi connectivity index (χ3v) is 1.55. The Bertz CT molecular complexity index is 295. The number of aromatic nitrogens is 2. The summed E-state index contributed by atoms with van der Waals surface area (Å²) in [5.41, 5.74) is 0.559. The molecule has 0 bridgehead atoms. The highest BCUT2D eigenvalue weighted by Gasteiger charge is 1.98. The van der Waals surface area contributed by atoms with Gasteiger partial charge in [-0.2, -0.15) is 0 Å². The molecule has 1 aromatic heterocycles. The monoisotopic (exact) mass is 172 g/mol. The van der Waals surface area contributed by atoms with E-state index in [9.17, 15) is 4.79 Å². The van der Waals surface area contributed by atoms with Crippen molar-refractivity contribution >= 4 is 11.6 Å². The summed E-state index contributed by atoms with van der Waals surface area (Å²) < 4.78 is 0. The fourth-order valence-electron chi connectivity index (χ4n) is 0.847. The number of aryl methyl sites for hydroxylation is 1. The van der Waals surface area contributed by atoms with Gasteiger partial charge in [-0.25, -0.2) is 4.98 Å². The van der Waals surface area contributed by atoms with Crippen molar-refractivity contribution in [1.29, 1.82) is 0 Å². The average Bonchev–Trinajstić information content (AvgIpc) is 1.95. The predicted molar refractivity (Wildman–Crippen MR) is 43.9 cm³/mol. The molecule has 60 valence electrons. The van der Waals surface area contributed by atoms with E-state index in [1.807, 2.05) is 6.92 Å². The van der Waals surface area contributed by atoms with Crippen molar-refractivity contribution in [3.05, 3.63) is 27.4 Å². The number of rotatable bonds is 2. The normalized spacial score (nSPS) is 10.0. The first-order valence-electron chi connectivity index (χ1n) is 3.47. The Hall–Kier alpha value is -0.830. The quantitative estimate of drug-likeness (QED) is 0.685. The van der Waals surface area contributed by atoms with Crippen LogP contribution in [0.5, 0.6) is 0 Å². The Balaban J connectivity index is 3.00. The van der Waals surface area contributed by atoms with Crippen LogP contribution < -0.4 is 5.56 Å². The van der Waals surface area contributed by atoms with E-state index in [-0.39, 0.29) is 10.8 Å². The van der Waals surface area contributed by atoms with Gasteiger partial charge in [0.2, 0.25) is 5.28 Å². The molecule has 0 aliphatic carbocycles. The van der Waals surface area contributed by atoms with Gasteiger partial charge in [-0.3, -0.25) is 9.78 Å². The topological polar surface area (TPSA) is 45.8 Å². The third kappa shape index (κ3) is 2.05. The molecule has 0 fully saturated rings. The largest absolute Gasteiger partial charge is 0.297 e. The van der Waals surface area contributed by atoms with Crippen LogP contribution >= 0.6 is 11.6 Å². The van der Waals surface area contributed by atoms with Crippen molar-refractivity contribution in [2.75, 3.05) is 0 Å². The highest BCUT2D eigenvalue weighted by atomic mass is 35.5. The van der Waals surface area contributed by atoms with Gasteiger partial charge in [-0.15, -0.1) is 0 Å². The summed E-state index contributed by atoms with van der Waals surface area (Å²) in [4.78, 5) is 17.2. The number of H-pyrrole nitrogens is 1. The molecule has 3 nitrogen and oxygen atoms in total.